The first kappa shape index (κ1) is 15.2. The first-order chi connectivity index (χ1) is 9.92. The number of hydrogen-bond donors (Lipinski definition) is 1. The van der Waals surface area contributed by atoms with Gasteiger partial charge in [-0.3, -0.25) is 4.79 Å². The van der Waals surface area contributed by atoms with Crippen molar-refractivity contribution in [2.75, 3.05) is 5.32 Å². The predicted molar refractivity (Wildman–Crippen MR) is 82.7 cm³/mol. The molecule has 5 heteroatoms. The van der Waals surface area contributed by atoms with Crippen molar-refractivity contribution in [2.24, 2.45) is 0 Å². The van der Waals surface area contributed by atoms with Crippen LogP contribution in [0.15, 0.2) is 34.8 Å². The highest BCUT2D eigenvalue weighted by molar-refractivity contribution is 9.10. The lowest BCUT2D eigenvalue weighted by molar-refractivity contribution is 0.102. The van der Waals surface area contributed by atoms with Crippen LogP contribution in [0.25, 0.3) is 0 Å². The largest absolute Gasteiger partial charge is 0.322 e. The van der Waals surface area contributed by atoms with Crippen molar-refractivity contribution >= 4 is 27.5 Å². The maximum Gasteiger partial charge on any atom is 0.256 e. The predicted octanol–water partition coefficient (Wildman–Crippen LogP) is 4.33. The molecule has 1 amide bonds. The van der Waals surface area contributed by atoms with Crippen molar-refractivity contribution in [1.82, 2.24) is 0 Å². The van der Waals surface area contributed by atoms with Gasteiger partial charge in [-0.25, -0.2) is 4.39 Å². The van der Waals surface area contributed by atoms with Crippen LogP contribution in [-0.2, 0) is 0 Å². The third-order valence-electron chi connectivity index (χ3n) is 3.09. The van der Waals surface area contributed by atoms with Gasteiger partial charge < -0.3 is 5.32 Å². The Bertz CT molecular complexity index is 766. The zero-order valence-electron chi connectivity index (χ0n) is 11.5. The summed E-state index contributed by atoms with van der Waals surface area (Å²) in [6.07, 6.45) is 0. The summed E-state index contributed by atoms with van der Waals surface area (Å²) in [5.41, 5.74) is 2.15. The average Bonchev–Trinajstić information content (AvgIpc) is 2.46. The minimum Gasteiger partial charge on any atom is -0.322 e. The summed E-state index contributed by atoms with van der Waals surface area (Å²) < 4.78 is 14.4. The van der Waals surface area contributed by atoms with Crippen LogP contribution in [0.5, 0.6) is 0 Å². The maximum atomic E-state index is 13.7. The second kappa shape index (κ2) is 6.06. The molecule has 0 saturated heterocycles. The van der Waals surface area contributed by atoms with Gasteiger partial charge in [0.2, 0.25) is 0 Å². The number of carbonyl (C=O) groups is 1. The van der Waals surface area contributed by atoms with Gasteiger partial charge in [0.25, 0.3) is 5.91 Å². The highest BCUT2D eigenvalue weighted by Crippen LogP contribution is 2.23. The van der Waals surface area contributed by atoms with Gasteiger partial charge in [-0.05, 0) is 54.0 Å². The molecule has 0 aliphatic rings. The van der Waals surface area contributed by atoms with E-state index in [0.29, 0.717) is 21.3 Å². The molecule has 21 heavy (non-hydrogen) atoms. The van der Waals surface area contributed by atoms with Crippen LogP contribution < -0.4 is 5.32 Å². The number of aryl methyl sites for hydroxylation is 1. The molecule has 0 heterocycles. The third kappa shape index (κ3) is 3.29. The number of halogens is 2. The van der Waals surface area contributed by atoms with Gasteiger partial charge in [-0.15, -0.1) is 0 Å². The fraction of sp³-hybridized carbons (Fsp3) is 0.125. The molecular formula is C16H12BrFN2O. The van der Waals surface area contributed by atoms with Crippen molar-refractivity contribution < 1.29 is 9.18 Å². The topological polar surface area (TPSA) is 52.9 Å². The van der Waals surface area contributed by atoms with Gasteiger partial charge in [0, 0.05) is 15.7 Å². The molecule has 0 unspecified atom stereocenters. The standard InChI is InChI=1S/C16H12BrFN2O/c1-9-3-4-13(17)12(5-9)16(21)20-15-7-11(8-19)6-14(18)10(15)2/h3-7H,1-2H3,(H,20,21). The number of carbonyl (C=O) groups excluding carboxylic acids is 1. The van der Waals surface area contributed by atoms with Crippen LogP contribution in [-0.4, -0.2) is 5.91 Å². The molecule has 0 aliphatic carbocycles. The summed E-state index contributed by atoms with van der Waals surface area (Å²) in [6, 6.07) is 9.87. The molecule has 0 saturated carbocycles. The lowest BCUT2D eigenvalue weighted by atomic mass is 10.1. The van der Waals surface area contributed by atoms with Gasteiger partial charge in [0.05, 0.1) is 17.2 Å². The summed E-state index contributed by atoms with van der Waals surface area (Å²) in [4.78, 5) is 12.3. The highest BCUT2D eigenvalue weighted by atomic mass is 79.9. The highest BCUT2D eigenvalue weighted by Gasteiger charge is 2.14. The van der Waals surface area contributed by atoms with Crippen molar-refractivity contribution in [3.05, 3.63) is 62.9 Å². The Labute approximate surface area is 130 Å². The number of hydrogen-bond acceptors (Lipinski definition) is 2. The molecule has 106 valence electrons. The Balaban J connectivity index is 2.38. The second-order valence-electron chi connectivity index (χ2n) is 4.68. The van der Waals surface area contributed by atoms with Gasteiger partial charge in [0.15, 0.2) is 0 Å². The minimum atomic E-state index is -0.521. The lowest BCUT2D eigenvalue weighted by Crippen LogP contribution is -2.14. The Morgan fingerprint density at radius 1 is 1.29 bits per heavy atom. The van der Waals surface area contributed by atoms with Crippen LogP contribution in [0.3, 0.4) is 0 Å². The van der Waals surface area contributed by atoms with Crippen molar-refractivity contribution in [3.8, 4) is 6.07 Å². The summed E-state index contributed by atoms with van der Waals surface area (Å²) in [5.74, 6) is -0.879. The fourth-order valence-corrected chi connectivity index (χ4v) is 2.30. The van der Waals surface area contributed by atoms with Crippen LogP contribution in [0.2, 0.25) is 0 Å². The third-order valence-corrected chi connectivity index (χ3v) is 3.78. The summed E-state index contributed by atoms with van der Waals surface area (Å²) >= 11 is 3.32. The van der Waals surface area contributed by atoms with E-state index in [1.54, 1.807) is 19.1 Å². The molecule has 2 aromatic carbocycles. The van der Waals surface area contributed by atoms with E-state index in [-0.39, 0.29) is 11.5 Å². The monoisotopic (exact) mass is 346 g/mol. The SMILES string of the molecule is Cc1ccc(Br)c(C(=O)Nc2cc(C#N)cc(F)c2C)c1. The van der Waals surface area contributed by atoms with E-state index in [4.69, 9.17) is 5.26 Å². The van der Waals surface area contributed by atoms with E-state index in [1.807, 2.05) is 19.1 Å². The number of rotatable bonds is 2. The van der Waals surface area contributed by atoms with E-state index in [2.05, 4.69) is 21.2 Å². The molecule has 3 nitrogen and oxygen atoms in total. The van der Waals surface area contributed by atoms with Crippen LogP contribution in [0, 0.1) is 31.0 Å². The zero-order chi connectivity index (χ0) is 15.6. The first-order valence-electron chi connectivity index (χ1n) is 6.20. The summed E-state index contributed by atoms with van der Waals surface area (Å²) in [5, 5.41) is 11.5. The number of anilines is 1. The molecule has 0 fully saturated rings. The van der Waals surface area contributed by atoms with E-state index in [9.17, 15) is 9.18 Å². The quantitative estimate of drug-likeness (QED) is 0.879. The van der Waals surface area contributed by atoms with E-state index < -0.39 is 5.82 Å². The van der Waals surface area contributed by atoms with Gasteiger partial charge in [0.1, 0.15) is 5.82 Å². The Morgan fingerprint density at radius 3 is 2.67 bits per heavy atom. The zero-order valence-corrected chi connectivity index (χ0v) is 13.1. The number of nitrogens with one attached hydrogen (secondary N) is 1. The normalized spacial score (nSPS) is 10.0. The molecule has 0 aliphatic heterocycles. The Morgan fingerprint density at radius 2 is 2.00 bits per heavy atom. The summed E-state index contributed by atoms with van der Waals surface area (Å²) in [7, 11) is 0. The molecule has 1 N–H and O–H groups in total. The van der Waals surface area contributed by atoms with Crippen LogP contribution >= 0.6 is 15.9 Å². The fourth-order valence-electron chi connectivity index (χ4n) is 1.88. The molecular weight excluding hydrogens is 335 g/mol. The first-order valence-corrected chi connectivity index (χ1v) is 6.99. The van der Waals surface area contributed by atoms with Crippen LogP contribution in [0.4, 0.5) is 10.1 Å². The lowest BCUT2D eigenvalue weighted by Gasteiger charge is -2.11. The number of nitrogens with zero attached hydrogens (tertiary/aromatic N) is 1. The van der Waals surface area contributed by atoms with Gasteiger partial charge >= 0.3 is 0 Å². The average molecular weight is 347 g/mol. The molecule has 0 atom stereocenters. The molecule has 0 aromatic heterocycles. The van der Waals surface area contributed by atoms with Gasteiger partial charge in [-0.2, -0.15) is 5.26 Å². The number of nitriles is 1. The maximum absolute atomic E-state index is 13.7. The Hall–Kier alpha value is -2.19. The minimum absolute atomic E-state index is 0.164. The molecule has 0 bridgehead atoms. The van der Waals surface area contributed by atoms with Crippen molar-refractivity contribution in [1.29, 1.82) is 5.26 Å². The van der Waals surface area contributed by atoms with Gasteiger partial charge in [-0.1, -0.05) is 11.6 Å². The molecule has 0 spiro atoms. The molecule has 2 rings (SSSR count). The van der Waals surface area contributed by atoms with Crippen LogP contribution in [0.1, 0.15) is 27.0 Å². The smallest absolute Gasteiger partial charge is 0.256 e. The van der Waals surface area contributed by atoms with Crippen molar-refractivity contribution in [2.45, 2.75) is 13.8 Å². The molecule has 0 radical (unpaired) electrons. The summed E-state index contributed by atoms with van der Waals surface area (Å²) in [6.45, 7) is 3.43. The van der Waals surface area contributed by atoms with E-state index >= 15 is 0 Å². The second-order valence-corrected chi connectivity index (χ2v) is 5.53. The van der Waals surface area contributed by atoms with Crippen molar-refractivity contribution in [3.63, 3.8) is 0 Å². The Kier molecular flexibility index (Phi) is 4.39. The van der Waals surface area contributed by atoms with E-state index in [0.717, 1.165) is 11.6 Å². The number of benzene rings is 2. The molecule has 2 aromatic rings. The van der Waals surface area contributed by atoms with E-state index in [1.165, 1.54) is 6.07 Å². The number of amides is 1.